The monoisotopic (exact) mass is 205 g/mol. The van der Waals surface area contributed by atoms with Crippen molar-refractivity contribution < 1.29 is 4.39 Å². The van der Waals surface area contributed by atoms with Gasteiger partial charge in [0.15, 0.2) is 0 Å². The molecule has 4 heteroatoms. The topological polar surface area (TPSA) is 43.8 Å². The van der Waals surface area contributed by atoms with Crippen molar-refractivity contribution in [3.8, 4) is 0 Å². The molecule has 2 rings (SSSR count). The highest BCUT2D eigenvalue weighted by atomic mass is 19.1. The molecule has 2 N–H and O–H groups in total. The third kappa shape index (κ3) is 1.98. The molecule has 0 aliphatic heterocycles. The molecule has 1 heterocycles. The fourth-order valence-corrected chi connectivity index (χ4v) is 1.49. The van der Waals surface area contributed by atoms with Gasteiger partial charge in [-0.05, 0) is 17.7 Å². The Morgan fingerprint density at radius 3 is 2.53 bits per heavy atom. The van der Waals surface area contributed by atoms with Crippen LogP contribution in [0.15, 0.2) is 30.5 Å². The Labute approximate surface area is 87.3 Å². The molecule has 0 aliphatic rings. The fraction of sp³-hybridized carbons (Fsp3) is 0.182. The predicted molar refractivity (Wildman–Crippen MR) is 56.8 cm³/mol. The first-order valence-electron chi connectivity index (χ1n) is 4.67. The van der Waals surface area contributed by atoms with Gasteiger partial charge >= 0.3 is 0 Å². The van der Waals surface area contributed by atoms with E-state index in [1.807, 2.05) is 7.05 Å². The highest BCUT2D eigenvalue weighted by Crippen LogP contribution is 2.15. The van der Waals surface area contributed by atoms with Crippen molar-refractivity contribution in [3.05, 3.63) is 47.5 Å². The van der Waals surface area contributed by atoms with Crippen LogP contribution in [0, 0.1) is 5.82 Å². The zero-order valence-corrected chi connectivity index (χ0v) is 8.44. The second-order valence-corrected chi connectivity index (χ2v) is 3.47. The lowest BCUT2D eigenvalue weighted by Crippen LogP contribution is -2.01. The van der Waals surface area contributed by atoms with Gasteiger partial charge in [0.05, 0.1) is 17.6 Å². The van der Waals surface area contributed by atoms with E-state index in [9.17, 15) is 4.39 Å². The first-order chi connectivity index (χ1) is 7.16. The van der Waals surface area contributed by atoms with Crippen LogP contribution in [-0.4, -0.2) is 9.78 Å². The van der Waals surface area contributed by atoms with Gasteiger partial charge in [0.25, 0.3) is 0 Å². The van der Waals surface area contributed by atoms with Crippen molar-refractivity contribution in [2.24, 2.45) is 7.05 Å². The minimum absolute atomic E-state index is 0.225. The van der Waals surface area contributed by atoms with Gasteiger partial charge in [-0.3, -0.25) is 4.68 Å². The summed E-state index contributed by atoms with van der Waals surface area (Å²) in [6.45, 7) is 0. The molecule has 0 unspecified atom stereocenters. The Kier molecular flexibility index (Phi) is 2.41. The summed E-state index contributed by atoms with van der Waals surface area (Å²) in [6.07, 6.45) is 2.29. The van der Waals surface area contributed by atoms with Crippen molar-refractivity contribution in [3.63, 3.8) is 0 Å². The van der Waals surface area contributed by atoms with Gasteiger partial charge in [-0.15, -0.1) is 0 Å². The van der Waals surface area contributed by atoms with Crippen molar-refractivity contribution in [2.45, 2.75) is 6.42 Å². The summed E-state index contributed by atoms with van der Waals surface area (Å²) < 4.78 is 14.4. The third-order valence-electron chi connectivity index (χ3n) is 2.38. The molecule has 1 aromatic carbocycles. The minimum Gasteiger partial charge on any atom is -0.396 e. The van der Waals surface area contributed by atoms with Gasteiger partial charge in [-0.2, -0.15) is 5.10 Å². The molecule has 0 amide bonds. The number of nitrogen functional groups attached to an aromatic ring is 1. The Bertz CT molecular complexity index is 440. The molecule has 0 atom stereocenters. The average molecular weight is 205 g/mol. The van der Waals surface area contributed by atoms with Crippen LogP contribution in [0.2, 0.25) is 0 Å². The molecule has 0 saturated heterocycles. The van der Waals surface area contributed by atoms with E-state index in [4.69, 9.17) is 5.73 Å². The van der Waals surface area contributed by atoms with Gasteiger partial charge in [-0.1, -0.05) is 12.1 Å². The number of nitrogens with two attached hydrogens (primary N) is 1. The largest absolute Gasteiger partial charge is 0.396 e. The number of hydrogen-bond acceptors (Lipinski definition) is 2. The number of anilines is 1. The van der Waals surface area contributed by atoms with E-state index < -0.39 is 0 Å². The Balaban J connectivity index is 2.25. The van der Waals surface area contributed by atoms with E-state index in [-0.39, 0.29) is 5.82 Å². The number of hydrogen-bond donors (Lipinski definition) is 1. The fourth-order valence-electron chi connectivity index (χ4n) is 1.49. The molecule has 0 radical (unpaired) electrons. The molecule has 1 aromatic heterocycles. The normalized spacial score (nSPS) is 10.5. The van der Waals surface area contributed by atoms with Crippen LogP contribution in [0.25, 0.3) is 0 Å². The second kappa shape index (κ2) is 3.73. The highest BCUT2D eigenvalue weighted by Gasteiger charge is 2.06. The molecule has 0 aliphatic carbocycles. The van der Waals surface area contributed by atoms with Crippen LogP contribution < -0.4 is 5.73 Å². The van der Waals surface area contributed by atoms with Gasteiger partial charge in [0.2, 0.25) is 0 Å². The number of aromatic nitrogens is 2. The average Bonchev–Trinajstić information content (AvgIpc) is 2.53. The SMILES string of the molecule is Cn1ncc(N)c1Cc1ccc(F)cc1. The Morgan fingerprint density at radius 1 is 1.33 bits per heavy atom. The van der Waals surface area contributed by atoms with Crippen LogP contribution in [0.1, 0.15) is 11.3 Å². The molecule has 0 bridgehead atoms. The van der Waals surface area contributed by atoms with E-state index in [1.165, 1.54) is 12.1 Å². The standard InChI is InChI=1S/C11H12FN3/c1-15-11(10(13)7-14-15)6-8-2-4-9(12)5-3-8/h2-5,7H,6,13H2,1H3. The molecule has 15 heavy (non-hydrogen) atoms. The predicted octanol–water partition coefficient (Wildman–Crippen LogP) is 1.73. The summed E-state index contributed by atoms with van der Waals surface area (Å²) in [7, 11) is 1.84. The van der Waals surface area contributed by atoms with Gasteiger partial charge in [0.1, 0.15) is 5.82 Å². The minimum atomic E-state index is -0.225. The van der Waals surface area contributed by atoms with E-state index in [1.54, 1.807) is 23.0 Å². The third-order valence-corrected chi connectivity index (χ3v) is 2.38. The Hall–Kier alpha value is -1.84. The van der Waals surface area contributed by atoms with Gasteiger partial charge in [0, 0.05) is 13.5 Å². The lowest BCUT2D eigenvalue weighted by molar-refractivity contribution is 0.627. The molecule has 0 saturated carbocycles. The van der Waals surface area contributed by atoms with Crippen LogP contribution in [0.3, 0.4) is 0 Å². The van der Waals surface area contributed by atoms with Gasteiger partial charge in [-0.25, -0.2) is 4.39 Å². The Morgan fingerprint density at radius 2 is 2.00 bits per heavy atom. The summed E-state index contributed by atoms with van der Waals surface area (Å²) in [6, 6.07) is 6.40. The summed E-state index contributed by atoms with van der Waals surface area (Å²) in [5.74, 6) is -0.225. The molecular formula is C11H12FN3. The number of rotatable bonds is 2. The lowest BCUT2D eigenvalue weighted by Gasteiger charge is -2.03. The maximum atomic E-state index is 12.7. The van der Waals surface area contributed by atoms with Crippen LogP contribution in [-0.2, 0) is 13.5 Å². The van der Waals surface area contributed by atoms with Crippen LogP contribution in [0.4, 0.5) is 10.1 Å². The summed E-state index contributed by atoms with van der Waals surface area (Å²) in [5, 5.41) is 4.05. The lowest BCUT2D eigenvalue weighted by atomic mass is 10.1. The quantitative estimate of drug-likeness (QED) is 0.811. The molecule has 3 nitrogen and oxygen atoms in total. The highest BCUT2D eigenvalue weighted by molar-refractivity contribution is 5.43. The number of halogens is 1. The number of nitrogens with zero attached hydrogens (tertiary/aromatic N) is 2. The number of benzene rings is 1. The first kappa shape index (κ1) is 9.71. The van der Waals surface area contributed by atoms with Crippen molar-refractivity contribution in [2.75, 3.05) is 5.73 Å². The van der Waals surface area contributed by atoms with E-state index in [2.05, 4.69) is 5.10 Å². The van der Waals surface area contributed by atoms with Gasteiger partial charge < -0.3 is 5.73 Å². The first-order valence-corrected chi connectivity index (χ1v) is 4.67. The zero-order chi connectivity index (χ0) is 10.8. The molecular weight excluding hydrogens is 193 g/mol. The summed E-state index contributed by atoms with van der Waals surface area (Å²) in [5.41, 5.74) is 8.40. The van der Waals surface area contributed by atoms with Crippen LogP contribution in [0.5, 0.6) is 0 Å². The van der Waals surface area contributed by atoms with E-state index >= 15 is 0 Å². The molecule has 78 valence electrons. The second-order valence-electron chi connectivity index (χ2n) is 3.47. The smallest absolute Gasteiger partial charge is 0.123 e. The summed E-state index contributed by atoms with van der Waals surface area (Å²) in [4.78, 5) is 0. The maximum absolute atomic E-state index is 12.7. The van der Waals surface area contributed by atoms with Crippen molar-refractivity contribution in [1.29, 1.82) is 0 Å². The summed E-state index contributed by atoms with van der Waals surface area (Å²) >= 11 is 0. The number of aryl methyl sites for hydroxylation is 1. The van der Waals surface area contributed by atoms with Crippen LogP contribution >= 0.6 is 0 Å². The molecule has 0 spiro atoms. The van der Waals surface area contributed by atoms with E-state index in [0.29, 0.717) is 12.1 Å². The molecule has 0 fully saturated rings. The van der Waals surface area contributed by atoms with E-state index in [0.717, 1.165) is 11.3 Å². The molecule has 2 aromatic rings. The van der Waals surface area contributed by atoms with Crippen molar-refractivity contribution >= 4 is 5.69 Å². The van der Waals surface area contributed by atoms with Crippen molar-refractivity contribution in [1.82, 2.24) is 9.78 Å². The zero-order valence-electron chi connectivity index (χ0n) is 8.44. The maximum Gasteiger partial charge on any atom is 0.123 e.